The van der Waals surface area contributed by atoms with Gasteiger partial charge in [0.15, 0.2) is 0 Å². The molecule has 2 aromatic rings. The van der Waals surface area contributed by atoms with Crippen LogP contribution in [0.1, 0.15) is 37.4 Å². The van der Waals surface area contributed by atoms with Crippen LogP contribution in [0.15, 0.2) is 22.9 Å². The fourth-order valence-corrected chi connectivity index (χ4v) is 3.30. The van der Waals surface area contributed by atoms with E-state index < -0.39 is 0 Å². The SMILES string of the molecule is CN(C)c1ccn2c(C3CCCC3)nc(Br)c2c1. The van der Waals surface area contributed by atoms with E-state index >= 15 is 0 Å². The highest BCUT2D eigenvalue weighted by Gasteiger charge is 2.22. The monoisotopic (exact) mass is 307 g/mol. The summed E-state index contributed by atoms with van der Waals surface area (Å²) in [6, 6.07) is 4.34. The molecule has 0 N–H and O–H groups in total. The lowest BCUT2D eigenvalue weighted by molar-refractivity contribution is 0.664. The zero-order valence-electron chi connectivity index (χ0n) is 10.9. The molecule has 4 heteroatoms. The number of pyridine rings is 1. The first kappa shape index (κ1) is 12.0. The molecule has 0 amide bonds. The Kier molecular flexibility index (Phi) is 3.06. The fourth-order valence-electron chi connectivity index (χ4n) is 2.81. The predicted octanol–water partition coefficient (Wildman–Crippen LogP) is 3.82. The molecule has 0 radical (unpaired) electrons. The van der Waals surface area contributed by atoms with Crippen molar-refractivity contribution < 1.29 is 0 Å². The molecule has 0 saturated heterocycles. The van der Waals surface area contributed by atoms with Gasteiger partial charge in [-0.25, -0.2) is 4.98 Å². The lowest BCUT2D eigenvalue weighted by Gasteiger charge is -2.13. The highest BCUT2D eigenvalue weighted by molar-refractivity contribution is 9.10. The maximum Gasteiger partial charge on any atom is 0.132 e. The van der Waals surface area contributed by atoms with Gasteiger partial charge in [0.2, 0.25) is 0 Å². The van der Waals surface area contributed by atoms with E-state index in [-0.39, 0.29) is 0 Å². The van der Waals surface area contributed by atoms with Crippen molar-refractivity contribution in [1.29, 1.82) is 0 Å². The topological polar surface area (TPSA) is 20.5 Å². The number of fused-ring (bicyclic) bond motifs is 1. The van der Waals surface area contributed by atoms with Crippen molar-refractivity contribution in [3.8, 4) is 0 Å². The van der Waals surface area contributed by atoms with Crippen molar-refractivity contribution in [3.63, 3.8) is 0 Å². The normalized spacial score (nSPS) is 16.6. The second-order valence-electron chi connectivity index (χ2n) is 5.28. The summed E-state index contributed by atoms with van der Waals surface area (Å²) in [4.78, 5) is 6.85. The third-order valence-corrected chi connectivity index (χ3v) is 4.43. The number of aromatic nitrogens is 2. The average molecular weight is 308 g/mol. The number of rotatable bonds is 2. The van der Waals surface area contributed by atoms with Crippen LogP contribution in [0.5, 0.6) is 0 Å². The number of imidazole rings is 1. The molecule has 0 bridgehead atoms. The van der Waals surface area contributed by atoms with Crippen LogP contribution < -0.4 is 4.90 Å². The summed E-state index contributed by atoms with van der Waals surface area (Å²) in [6.07, 6.45) is 7.39. The first-order valence-corrected chi connectivity index (χ1v) is 7.31. The predicted molar refractivity (Wildman–Crippen MR) is 78.4 cm³/mol. The van der Waals surface area contributed by atoms with E-state index in [2.05, 4.69) is 57.7 Å². The summed E-state index contributed by atoms with van der Waals surface area (Å²) in [5, 5.41) is 0. The number of nitrogens with zero attached hydrogens (tertiary/aromatic N) is 3. The number of hydrogen-bond acceptors (Lipinski definition) is 2. The summed E-state index contributed by atoms with van der Waals surface area (Å²) < 4.78 is 3.21. The molecule has 2 heterocycles. The second kappa shape index (κ2) is 4.57. The summed E-state index contributed by atoms with van der Waals surface area (Å²) in [6.45, 7) is 0. The molecule has 3 nitrogen and oxygen atoms in total. The van der Waals surface area contributed by atoms with Crippen LogP contribution in [0.2, 0.25) is 0 Å². The first-order valence-electron chi connectivity index (χ1n) is 6.51. The summed E-state index contributed by atoms with van der Waals surface area (Å²) in [5.41, 5.74) is 2.38. The van der Waals surface area contributed by atoms with Crippen LogP contribution in [0, 0.1) is 0 Å². The van der Waals surface area contributed by atoms with E-state index in [9.17, 15) is 0 Å². The molecule has 0 atom stereocenters. The van der Waals surface area contributed by atoms with E-state index in [1.54, 1.807) is 0 Å². The summed E-state index contributed by atoms with van der Waals surface area (Å²) >= 11 is 3.60. The second-order valence-corrected chi connectivity index (χ2v) is 6.03. The molecule has 18 heavy (non-hydrogen) atoms. The highest BCUT2D eigenvalue weighted by Crippen LogP contribution is 2.35. The van der Waals surface area contributed by atoms with E-state index in [0.717, 1.165) is 4.60 Å². The Morgan fingerprint density at radius 3 is 2.72 bits per heavy atom. The minimum atomic E-state index is 0.633. The van der Waals surface area contributed by atoms with Gasteiger partial charge in [0.1, 0.15) is 10.4 Å². The maximum absolute atomic E-state index is 4.73. The summed E-state index contributed by atoms with van der Waals surface area (Å²) in [7, 11) is 4.13. The minimum absolute atomic E-state index is 0.633. The van der Waals surface area contributed by atoms with Crippen molar-refractivity contribution >= 4 is 27.1 Å². The highest BCUT2D eigenvalue weighted by atomic mass is 79.9. The molecule has 96 valence electrons. The lowest BCUT2D eigenvalue weighted by atomic mass is 10.1. The van der Waals surface area contributed by atoms with Crippen LogP contribution in [0.3, 0.4) is 0 Å². The van der Waals surface area contributed by atoms with Gasteiger partial charge in [-0.3, -0.25) is 0 Å². The molecule has 1 aliphatic rings. The van der Waals surface area contributed by atoms with Gasteiger partial charge >= 0.3 is 0 Å². The van der Waals surface area contributed by atoms with Crippen molar-refractivity contribution in [2.45, 2.75) is 31.6 Å². The molecule has 0 unspecified atom stereocenters. The quantitative estimate of drug-likeness (QED) is 0.841. The molecule has 0 aromatic carbocycles. The zero-order valence-corrected chi connectivity index (χ0v) is 12.4. The van der Waals surface area contributed by atoms with E-state index in [0.29, 0.717) is 5.92 Å². The fraction of sp³-hybridized carbons (Fsp3) is 0.500. The standard InChI is InChI=1S/C14H18BrN3/c1-17(2)11-7-8-18-12(9-11)13(15)16-14(18)10-5-3-4-6-10/h7-10H,3-6H2,1-2H3. The number of hydrogen-bond donors (Lipinski definition) is 0. The van der Waals surface area contributed by atoms with Crippen LogP contribution in [-0.2, 0) is 0 Å². The van der Waals surface area contributed by atoms with E-state index in [4.69, 9.17) is 4.98 Å². The van der Waals surface area contributed by atoms with Crippen molar-refractivity contribution in [2.24, 2.45) is 0 Å². The largest absolute Gasteiger partial charge is 0.378 e. The number of anilines is 1. The van der Waals surface area contributed by atoms with Crippen molar-refractivity contribution in [3.05, 3.63) is 28.8 Å². The van der Waals surface area contributed by atoms with Gasteiger partial charge in [-0.2, -0.15) is 0 Å². The van der Waals surface area contributed by atoms with Crippen LogP contribution in [-0.4, -0.2) is 23.5 Å². The molecular formula is C14H18BrN3. The van der Waals surface area contributed by atoms with Crippen molar-refractivity contribution in [1.82, 2.24) is 9.38 Å². The van der Waals surface area contributed by atoms with Crippen LogP contribution in [0.4, 0.5) is 5.69 Å². The van der Waals surface area contributed by atoms with Gasteiger partial charge in [-0.1, -0.05) is 12.8 Å². The molecule has 1 saturated carbocycles. The molecule has 1 aliphatic carbocycles. The molecule has 3 rings (SSSR count). The Hall–Kier alpha value is -1.03. The Labute approximate surface area is 116 Å². The Bertz CT molecular complexity index is 568. The lowest BCUT2D eigenvalue weighted by Crippen LogP contribution is -2.09. The first-order chi connectivity index (χ1) is 8.66. The van der Waals surface area contributed by atoms with Crippen LogP contribution >= 0.6 is 15.9 Å². The van der Waals surface area contributed by atoms with Crippen LogP contribution in [0.25, 0.3) is 5.52 Å². The van der Waals surface area contributed by atoms with E-state index in [1.807, 2.05) is 0 Å². The Morgan fingerprint density at radius 1 is 1.33 bits per heavy atom. The number of halogens is 1. The van der Waals surface area contributed by atoms with Gasteiger partial charge in [0.25, 0.3) is 0 Å². The molecule has 0 aliphatic heterocycles. The van der Waals surface area contributed by atoms with Gasteiger partial charge in [0.05, 0.1) is 5.52 Å². The maximum atomic E-state index is 4.73. The van der Waals surface area contributed by atoms with Gasteiger partial charge in [-0.05, 0) is 40.9 Å². The zero-order chi connectivity index (χ0) is 12.7. The van der Waals surface area contributed by atoms with Gasteiger partial charge in [0, 0.05) is 31.9 Å². The molecule has 1 fully saturated rings. The molecule has 0 spiro atoms. The Balaban J connectivity index is 2.12. The van der Waals surface area contributed by atoms with E-state index in [1.165, 1.54) is 42.7 Å². The third kappa shape index (κ3) is 1.92. The van der Waals surface area contributed by atoms with Gasteiger partial charge in [-0.15, -0.1) is 0 Å². The molecular weight excluding hydrogens is 290 g/mol. The Morgan fingerprint density at radius 2 is 2.06 bits per heavy atom. The third-order valence-electron chi connectivity index (χ3n) is 3.85. The molecule has 2 aromatic heterocycles. The average Bonchev–Trinajstić information content (AvgIpc) is 2.97. The van der Waals surface area contributed by atoms with Gasteiger partial charge < -0.3 is 9.30 Å². The summed E-state index contributed by atoms with van der Waals surface area (Å²) in [5.74, 6) is 1.86. The van der Waals surface area contributed by atoms with Crippen molar-refractivity contribution in [2.75, 3.05) is 19.0 Å². The smallest absolute Gasteiger partial charge is 0.132 e. The minimum Gasteiger partial charge on any atom is -0.378 e.